The molecule has 4 aromatic rings. The zero-order chi connectivity index (χ0) is 29.3. The van der Waals surface area contributed by atoms with Crippen molar-refractivity contribution < 1.29 is 14.3 Å². The van der Waals surface area contributed by atoms with Crippen molar-refractivity contribution in [3.8, 4) is 11.9 Å². The maximum atomic E-state index is 12.7. The Labute approximate surface area is 246 Å². The highest BCUT2D eigenvalue weighted by atomic mass is 16.6. The molecule has 216 valence electrons. The lowest BCUT2D eigenvalue weighted by atomic mass is 9.85. The molecule has 1 aliphatic heterocycles. The quantitative estimate of drug-likeness (QED) is 0.263. The maximum absolute atomic E-state index is 12.7. The number of aromatic nitrogens is 3. The van der Waals surface area contributed by atoms with E-state index < -0.39 is 5.60 Å². The van der Waals surface area contributed by atoms with Gasteiger partial charge in [0, 0.05) is 25.0 Å². The van der Waals surface area contributed by atoms with Gasteiger partial charge >= 0.3 is 6.09 Å². The Morgan fingerprint density at radius 1 is 1.07 bits per heavy atom. The summed E-state index contributed by atoms with van der Waals surface area (Å²) < 4.78 is 13.9. The number of benzene rings is 2. The van der Waals surface area contributed by atoms with Crippen molar-refractivity contribution >= 4 is 28.5 Å². The van der Waals surface area contributed by atoms with Crippen LogP contribution in [0, 0.1) is 17.2 Å². The lowest BCUT2D eigenvalue weighted by Gasteiger charge is -2.27. The average molecular weight is 565 g/mol. The van der Waals surface area contributed by atoms with Crippen LogP contribution in [0.15, 0.2) is 60.8 Å². The van der Waals surface area contributed by atoms with Crippen LogP contribution in [0.1, 0.15) is 69.2 Å². The van der Waals surface area contributed by atoms with E-state index in [1.807, 2.05) is 74.0 Å². The van der Waals surface area contributed by atoms with Crippen LogP contribution in [0.2, 0.25) is 0 Å². The number of hydrogen-bond donors (Lipinski definition) is 1. The van der Waals surface area contributed by atoms with Crippen molar-refractivity contribution in [3.05, 3.63) is 77.5 Å². The van der Waals surface area contributed by atoms with Crippen LogP contribution in [-0.2, 0) is 24.4 Å². The second kappa shape index (κ2) is 11.4. The summed E-state index contributed by atoms with van der Waals surface area (Å²) in [6, 6.07) is 20.6. The van der Waals surface area contributed by atoms with Crippen LogP contribution < -0.4 is 10.1 Å². The molecule has 1 N–H and O–H groups in total. The molecule has 3 heterocycles. The summed E-state index contributed by atoms with van der Waals surface area (Å²) in [5.74, 6) is 1.02. The zero-order valence-electron chi connectivity index (χ0n) is 24.3. The molecule has 6 rings (SSSR count). The lowest BCUT2D eigenvalue weighted by molar-refractivity contribution is 0.0242. The van der Waals surface area contributed by atoms with Crippen LogP contribution in [-0.4, -0.2) is 31.4 Å². The molecule has 42 heavy (non-hydrogen) atoms. The van der Waals surface area contributed by atoms with E-state index in [9.17, 15) is 10.1 Å². The first kappa shape index (κ1) is 27.6. The van der Waals surface area contributed by atoms with E-state index in [2.05, 4.69) is 22.4 Å². The summed E-state index contributed by atoms with van der Waals surface area (Å²) in [5, 5.41) is 19.3. The Bertz CT molecular complexity index is 1640. The maximum Gasteiger partial charge on any atom is 0.410 e. The van der Waals surface area contributed by atoms with E-state index in [1.165, 1.54) is 0 Å². The molecular formula is C33H36N6O3. The van der Waals surface area contributed by atoms with Crippen LogP contribution in [0.25, 0.3) is 10.9 Å². The van der Waals surface area contributed by atoms with Gasteiger partial charge in [-0.05, 0) is 68.5 Å². The summed E-state index contributed by atoms with van der Waals surface area (Å²) >= 11 is 0. The molecule has 2 aromatic heterocycles. The Balaban J connectivity index is 1.33. The van der Waals surface area contributed by atoms with Gasteiger partial charge < -0.3 is 14.8 Å². The van der Waals surface area contributed by atoms with E-state index in [4.69, 9.17) is 14.6 Å². The molecule has 1 saturated carbocycles. The van der Waals surface area contributed by atoms with Crippen LogP contribution in [0.5, 0.6) is 5.88 Å². The van der Waals surface area contributed by atoms with E-state index in [-0.39, 0.29) is 18.1 Å². The fourth-order valence-electron chi connectivity index (χ4n) is 5.85. The summed E-state index contributed by atoms with van der Waals surface area (Å²) in [5.41, 5.74) is 4.39. The minimum atomic E-state index is -0.546. The number of nitrogens with one attached hydrogen (secondary N) is 1. The van der Waals surface area contributed by atoms with Gasteiger partial charge in [-0.2, -0.15) is 10.4 Å². The average Bonchev–Trinajstić information content (AvgIpc) is 3.58. The molecule has 0 spiro atoms. The van der Waals surface area contributed by atoms with Gasteiger partial charge in [-0.15, -0.1) is 0 Å². The molecular weight excluding hydrogens is 528 g/mol. The Morgan fingerprint density at radius 3 is 2.64 bits per heavy atom. The summed E-state index contributed by atoms with van der Waals surface area (Å²) in [4.78, 5) is 19.0. The van der Waals surface area contributed by atoms with Gasteiger partial charge in [-0.3, -0.25) is 9.58 Å². The Kier molecular flexibility index (Phi) is 7.46. The third-order valence-corrected chi connectivity index (χ3v) is 7.86. The third kappa shape index (κ3) is 5.75. The van der Waals surface area contributed by atoms with Gasteiger partial charge in [0.25, 0.3) is 0 Å². The van der Waals surface area contributed by atoms with Gasteiger partial charge in [-0.1, -0.05) is 49.2 Å². The van der Waals surface area contributed by atoms with Crippen molar-refractivity contribution in [1.29, 1.82) is 5.26 Å². The molecule has 1 aliphatic carbocycles. The van der Waals surface area contributed by atoms with Crippen LogP contribution in [0.3, 0.4) is 0 Å². The number of anilines is 2. The number of pyridine rings is 1. The third-order valence-electron chi connectivity index (χ3n) is 7.86. The molecule has 2 aliphatic rings. The van der Waals surface area contributed by atoms with E-state index in [1.54, 1.807) is 11.1 Å². The molecule has 0 unspecified atom stereocenters. The smallest absolute Gasteiger partial charge is 0.410 e. The minimum Gasteiger partial charge on any atom is -0.472 e. The van der Waals surface area contributed by atoms with Crippen molar-refractivity contribution in [2.75, 3.05) is 5.32 Å². The first-order chi connectivity index (χ1) is 20.3. The minimum absolute atomic E-state index is 0.0198. The SMILES string of the molecule is CC(C)(C)OC(=O)N1Cc2ccc(Nc3nn([C@H]4CCCC[C@@H]4C#N)c4ccnc(OCc5ccccc5)c34)cc2C1. The first-order valence-corrected chi connectivity index (χ1v) is 14.6. The summed E-state index contributed by atoms with van der Waals surface area (Å²) in [7, 11) is 0. The number of hydrogen-bond acceptors (Lipinski definition) is 7. The second-order valence-corrected chi connectivity index (χ2v) is 12.1. The molecule has 9 nitrogen and oxygen atoms in total. The summed E-state index contributed by atoms with van der Waals surface area (Å²) in [6.07, 6.45) is 5.32. The molecule has 0 saturated heterocycles. The highest BCUT2D eigenvalue weighted by Crippen LogP contribution is 2.40. The lowest BCUT2D eigenvalue weighted by Crippen LogP contribution is -2.33. The monoisotopic (exact) mass is 564 g/mol. The van der Waals surface area contributed by atoms with Gasteiger partial charge in [0.05, 0.1) is 23.5 Å². The highest BCUT2D eigenvalue weighted by Gasteiger charge is 2.31. The van der Waals surface area contributed by atoms with E-state index in [0.717, 1.165) is 59.0 Å². The van der Waals surface area contributed by atoms with E-state index in [0.29, 0.717) is 31.4 Å². The number of amides is 1. The van der Waals surface area contributed by atoms with Crippen molar-refractivity contribution in [2.45, 2.75) is 77.8 Å². The zero-order valence-corrected chi connectivity index (χ0v) is 24.3. The number of carbonyl (C=O) groups is 1. The Morgan fingerprint density at radius 2 is 1.86 bits per heavy atom. The van der Waals surface area contributed by atoms with Crippen LogP contribution >= 0.6 is 0 Å². The fraction of sp³-hybridized carbons (Fsp3) is 0.394. The normalized spacial score (nSPS) is 18.4. The number of rotatable bonds is 6. The highest BCUT2D eigenvalue weighted by molar-refractivity contribution is 5.96. The largest absolute Gasteiger partial charge is 0.472 e. The molecule has 2 aromatic carbocycles. The molecule has 2 atom stereocenters. The second-order valence-electron chi connectivity index (χ2n) is 12.1. The predicted molar refractivity (Wildman–Crippen MR) is 160 cm³/mol. The molecule has 1 fully saturated rings. The van der Waals surface area contributed by atoms with Gasteiger partial charge in [0.2, 0.25) is 5.88 Å². The standard InChI is InChI=1S/C33H36N6O3/c1-33(2,3)42-32(40)38-19-24-13-14-26(17-25(24)20-38)36-30-29-28(39(37-30)27-12-8-7-11-23(27)18-34)15-16-35-31(29)41-21-22-9-5-4-6-10-22/h4-6,9-10,13-17,23,27H,7-8,11-12,19-21H2,1-3H3,(H,36,37)/t23-,27+/m1/s1. The molecule has 0 bridgehead atoms. The number of nitriles is 1. The molecule has 0 radical (unpaired) electrons. The number of nitrogens with zero attached hydrogens (tertiary/aromatic N) is 5. The molecule has 1 amide bonds. The number of carbonyl (C=O) groups excluding carboxylic acids is 1. The van der Waals surface area contributed by atoms with Crippen molar-refractivity contribution in [1.82, 2.24) is 19.7 Å². The van der Waals surface area contributed by atoms with Crippen molar-refractivity contribution in [2.24, 2.45) is 5.92 Å². The van der Waals surface area contributed by atoms with Gasteiger partial charge in [-0.25, -0.2) is 9.78 Å². The fourth-order valence-corrected chi connectivity index (χ4v) is 5.85. The van der Waals surface area contributed by atoms with Gasteiger partial charge in [0.15, 0.2) is 5.82 Å². The first-order valence-electron chi connectivity index (χ1n) is 14.6. The van der Waals surface area contributed by atoms with E-state index >= 15 is 0 Å². The Hall–Kier alpha value is -4.58. The number of ether oxygens (including phenoxy) is 2. The summed E-state index contributed by atoms with van der Waals surface area (Å²) in [6.45, 7) is 6.99. The predicted octanol–water partition coefficient (Wildman–Crippen LogP) is 7.26. The number of fused-ring (bicyclic) bond motifs is 2. The van der Waals surface area contributed by atoms with Gasteiger partial charge in [0.1, 0.15) is 17.6 Å². The molecule has 9 heteroatoms. The van der Waals surface area contributed by atoms with Crippen LogP contribution in [0.4, 0.5) is 16.3 Å². The van der Waals surface area contributed by atoms with Crippen molar-refractivity contribution in [3.63, 3.8) is 0 Å². The topological polar surface area (TPSA) is 105 Å².